The molecule has 2 atom stereocenters. The second-order valence-electron chi connectivity index (χ2n) is 6.38. The van der Waals surface area contributed by atoms with E-state index in [1.54, 1.807) is 19.0 Å². The molecule has 0 aromatic carbocycles. The maximum Gasteiger partial charge on any atom is 0.316 e. The summed E-state index contributed by atoms with van der Waals surface area (Å²) in [7, 11) is 3.54. The molecular weight excluding hydrogens is 286 g/mol. The molecule has 0 spiro atoms. The highest BCUT2D eigenvalue weighted by molar-refractivity contribution is 7.09. The molecule has 21 heavy (non-hydrogen) atoms. The number of hydrogen-bond acceptors (Lipinski definition) is 4. The third-order valence-corrected chi connectivity index (χ3v) is 5.41. The van der Waals surface area contributed by atoms with Crippen LogP contribution in [0.25, 0.3) is 0 Å². The predicted molar refractivity (Wildman–Crippen MR) is 83.4 cm³/mol. The summed E-state index contributed by atoms with van der Waals surface area (Å²) >= 11 is 1.81. The van der Waals surface area contributed by atoms with Gasteiger partial charge in [0.2, 0.25) is 0 Å². The van der Waals surface area contributed by atoms with Gasteiger partial charge < -0.3 is 15.0 Å². The van der Waals surface area contributed by atoms with Crippen molar-refractivity contribution >= 4 is 17.4 Å². The topological polar surface area (TPSA) is 44.8 Å². The van der Waals surface area contributed by atoms with E-state index < -0.39 is 0 Å². The lowest BCUT2D eigenvalue weighted by molar-refractivity contribution is 0.125. The number of carbonyl (C=O) groups is 1. The minimum absolute atomic E-state index is 0.0215. The lowest BCUT2D eigenvalue weighted by Gasteiger charge is -2.28. The average Bonchev–Trinajstić information content (AvgIpc) is 3.12. The van der Waals surface area contributed by atoms with Gasteiger partial charge in [-0.15, -0.1) is 11.3 Å². The molecule has 0 unspecified atom stereocenters. The predicted octanol–water partition coefficient (Wildman–Crippen LogP) is 1.47. The van der Waals surface area contributed by atoms with Gasteiger partial charge in [-0.25, -0.2) is 4.79 Å². The zero-order valence-corrected chi connectivity index (χ0v) is 13.5. The van der Waals surface area contributed by atoms with Crippen LogP contribution < -0.4 is 5.32 Å². The zero-order valence-electron chi connectivity index (χ0n) is 12.7. The summed E-state index contributed by atoms with van der Waals surface area (Å²) in [6, 6.07) is 4.27. The number of ether oxygens (including phenoxy) is 1. The van der Waals surface area contributed by atoms with Crippen LogP contribution in [-0.4, -0.2) is 62.8 Å². The summed E-state index contributed by atoms with van der Waals surface area (Å²) < 4.78 is 5.70. The van der Waals surface area contributed by atoms with Crippen molar-refractivity contribution in [2.45, 2.75) is 6.54 Å². The molecule has 3 rings (SSSR count). The smallest absolute Gasteiger partial charge is 0.316 e. The molecule has 1 aromatic rings. The lowest BCUT2D eigenvalue weighted by atomic mass is 9.81. The van der Waals surface area contributed by atoms with Crippen LogP contribution >= 0.6 is 11.3 Å². The summed E-state index contributed by atoms with van der Waals surface area (Å²) in [5.74, 6) is 0.528. The minimum atomic E-state index is -0.0215. The average molecular weight is 309 g/mol. The monoisotopic (exact) mass is 309 g/mol. The van der Waals surface area contributed by atoms with Crippen LogP contribution in [0.2, 0.25) is 0 Å². The van der Waals surface area contributed by atoms with E-state index in [0.29, 0.717) is 12.5 Å². The fraction of sp³-hybridized carbons (Fsp3) is 0.667. The van der Waals surface area contributed by atoms with Gasteiger partial charge in [-0.3, -0.25) is 4.90 Å². The third-order valence-electron chi connectivity index (χ3n) is 4.55. The molecule has 116 valence electrons. The van der Waals surface area contributed by atoms with Crippen LogP contribution in [0.5, 0.6) is 0 Å². The maximum atomic E-state index is 11.8. The Bertz CT molecular complexity index is 491. The Morgan fingerprint density at radius 2 is 2.48 bits per heavy atom. The minimum Gasteiger partial charge on any atom is -0.380 e. The van der Waals surface area contributed by atoms with Crippen LogP contribution in [0.4, 0.5) is 4.79 Å². The third kappa shape index (κ3) is 3.07. The number of amides is 2. The highest BCUT2D eigenvalue weighted by atomic mass is 32.1. The summed E-state index contributed by atoms with van der Waals surface area (Å²) in [6.45, 7) is 5.36. The van der Waals surface area contributed by atoms with Crippen LogP contribution in [0.1, 0.15) is 4.88 Å². The Hall–Kier alpha value is -1.11. The largest absolute Gasteiger partial charge is 0.380 e. The molecule has 2 aliphatic rings. The van der Waals surface area contributed by atoms with E-state index in [-0.39, 0.29) is 11.4 Å². The number of nitrogens with one attached hydrogen (secondary N) is 1. The van der Waals surface area contributed by atoms with Crippen molar-refractivity contribution in [2.75, 3.05) is 46.9 Å². The van der Waals surface area contributed by atoms with Crippen molar-refractivity contribution < 1.29 is 9.53 Å². The number of carbonyl (C=O) groups excluding carboxylic acids is 1. The number of rotatable bonds is 4. The quantitative estimate of drug-likeness (QED) is 0.916. The standard InChI is InChI=1S/C15H23N3O2S/c1-17(2)14(19)16-9-15-10-18(6-12(15)8-20-11-15)7-13-4-3-5-21-13/h3-5,12H,6-11H2,1-2H3,(H,16,19)/t12-,15+/m1/s1. The van der Waals surface area contributed by atoms with Gasteiger partial charge in [-0.2, -0.15) is 0 Å². The van der Waals surface area contributed by atoms with E-state index in [1.807, 2.05) is 11.3 Å². The van der Waals surface area contributed by atoms with Crippen LogP contribution in [0.3, 0.4) is 0 Å². The Kier molecular flexibility index (Phi) is 4.19. The van der Waals surface area contributed by atoms with Crippen molar-refractivity contribution in [2.24, 2.45) is 11.3 Å². The number of nitrogens with zero attached hydrogens (tertiary/aromatic N) is 2. The molecule has 1 N–H and O–H groups in total. The number of urea groups is 1. The lowest BCUT2D eigenvalue weighted by Crippen LogP contribution is -2.45. The molecule has 1 aromatic heterocycles. The van der Waals surface area contributed by atoms with Gasteiger partial charge in [0.15, 0.2) is 0 Å². The fourth-order valence-electron chi connectivity index (χ4n) is 3.35. The number of thiophene rings is 1. The van der Waals surface area contributed by atoms with Crippen molar-refractivity contribution in [1.82, 2.24) is 15.1 Å². The second-order valence-corrected chi connectivity index (χ2v) is 7.41. The first-order valence-corrected chi connectivity index (χ1v) is 8.25. The summed E-state index contributed by atoms with van der Waals surface area (Å²) in [4.78, 5) is 17.3. The van der Waals surface area contributed by atoms with Gasteiger partial charge in [0, 0.05) is 56.5 Å². The summed E-state index contributed by atoms with van der Waals surface area (Å²) in [6.07, 6.45) is 0. The van der Waals surface area contributed by atoms with Crippen LogP contribution in [0.15, 0.2) is 17.5 Å². The number of hydrogen-bond donors (Lipinski definition) is 1. The van der Waals surface area contributed by atoms with E-state index >= 15 is 0 Å². The highest BCUT2D eigenvalue weighted by Gasteiger charge is 2.50. The number of fused-ring (bicyclic) bond motifs is 1. The molecule has 0 aliphatic carbocycles. The molecule has 2 amide bonds. The van der Waals surface area contributed by atoms with Crippen molar-refractivity contribution in [1.29, 1.82) is 0 Å². The molecule has 0 radical (unpaired) electrons. The van der Waals surface area contributed by atoms with E-state index in [2.05, 4.69) is 27.7 Å². The normalized spacial score (nSPS) is 28.6. The molecule has 5 nitrogen and oxygen atoms in total. The number of likely N-dealkylation sites (tertiary alicyclic amines) is 1. The van der Waals surface area contributed by atoms with Gasteiger partial charge in [0.1, 0.15) is 0 Å². The Morgan fingerprint density at radius 3 is 3.19 bits per heavy atom. The van der Waals surface area contributed by atoms with Crippen LogP contribution in [0, 0.1) is 11.3 Å². The van der Waals surface area contributed by atoms with E-state index in [9.17, 15) is 4.79 Å². The molecule has 2 saturated heterocycles. The highest BCUT2D eigenvalue weighted by Crippen LogP contribution is 2.41. The SMILES string of the molecule is CN(C)C(=O)NC[C@]12COC[C@H]1CN(Cc1cccs1)C2. The van der Waals surface area contributed by atoms with E-state index in [4.69, 9.17) is 4.74 Å². The Balaban J connectivity index is 1.61. The fourth-order valence-corrected chi connectivity index (χ4v) is 4.09. The van der Waals surface area contributed by atoms with Gasteiger partial charge >= 0.3 is 6.03 Å². The van der Waals surface area contributed by atoms with Gasteiger partial charge in [0.25, 0.3) is 0 Å². The molecule has 2 aliphatic heterocycles. The van der Waals surface area contributed by atoms with Gasteiger partial charge in [-0.1, -0.05) is 6.07 Å². The Labute approximate surface area is 129 Å². The van der Waals surface area contributed by atoms with Gasteiger partial charge in [-0.05, 0) is 11.4 Å². The second kappa shape index (κ2) is 5.94. The van der Waals surface area contributed by atoms with E-state index in [0.717, 1.165) is 32.8 Å². The van der Waals surface area contributed by atoms with Crippen molar-refractivity contribution in [3.05, 3.63) is 22.4 Å². The molecule has 3 heterocycles. The summed E-state index contributed by atoms with van der Waals surface area (Å²) in [5.41, 5.74) is 0.0862. The Morgan fingerprint density at radius 1 is 1.62 bits per heavy atom. The van der Waals surface area contributed by atoms with Crippen molar-refractivity contribution in [3.8, 4) is 0 Å². The molecular formula is C15H23N3O2S. The van der Waals surface area contributed by atoms with E-state index in [1.165, 1.54) is 4.88 Å². The summed E-state index contributed by atoms with van der Waals surface area (Å²) in [5, 5.41) is 5.18. The first-order valence-electron chi connectivity index (χ1n) is 7.37. The molecule has 0 saturated carbocycles. The maximum absolute atomic E-state index is 11.8. The molecule has 2 fully saturated rings. The first kappa shape index (κ1) is 14.8. The van der Waals surface area contributed by atoms with Crippen molar-refractivity contribution in [3.63, 3.8) is 0 Å². The molecule has 6 heteroatoms. The van der Waals surface area contributed by atoms with Crippen LogP contribution in [-0.2, 0) is 11.3 Å². The first-order chi connectivity index (χ1) is 10.1. The zero-order chi connectivity index (χ0) is 14.9. The van der Waals surface area contributed by atoms with Gasteiger partial charge in [0.05, 0.1) is 13.2 Å². The molecule has 0 bridgehead atoms.